The first-order valence-corrected chi connectivity index (χ1v) is 8.68. The molecule has 0 aromatic carbocycles. The highest BCUT2D eigenvalue weighted by atomic mass is 16.3. The van der Waals surface area contributed by atoms with Gasteiger partial charge in [-0.3, -0.25) is 14.7 Å². The maximum Gasteiger partial charge on any atom is 0.152 e. The van der Waals surface area contributed by atoms with Crippen molar-refractivity contribution >= 4 is 0 Å². The summed E-state index contributed by atoms with van der Waals surface area (Å²) in [6.07, 6.45) is 7.84. The summed E-state index contributed by atoms with van der Waals surface area (Å²) in [6, 6.07) is 6.24. The van der Waals surface area contributed by atoms with Crippen LogP contribution in [0.1, 0.15) is 36.7 Å². The second-order valence-electron chi connectivity index (χ2n) is 6.70. The minimum Gasteiger partial charge on any atom is -0.458 e. The Balaban J connectivity index is 1.40. The summed E-state index contributed by atoms with van der Waals surface area (Å²) in [5.74, 6) is 1.74. The smallest absolute Gasteiger partial charge is 0.152 e. The maximum atomic E-state index is 10.5. The van der Waals surface area contributed by atoms with E-state index in [0.29, 0.717) is 6.04 Å². The molecule has 0 spiro atoms. The Kier molecular flexibility index (Phi) is 4.42. The van der Waals surface area contributed by atoms with E-state index in [4.69, 9.17) is 4.42 Å². The highest BCUT2D eigenvalue weighted by molar-refractivity contribution is 5.51. The molecular formula is C18H23N5O2. The number of hydrogen-bond acceptors (Lipinski definition) is 5. The molecule has 1 saturated heterocycles. The van der Waals surface area contributed by atoms with Crippen LogP contribution in [-0.4, -0.2) is 42.6 Å². The van der Waals surface area contributed by atoms with Gasteiger partial charge in [0.25, 0.3) is 0 Å². The summed E-state index contributed by atoms with van der Waals surface area (Å²) in [5.41, 5.74) is 1.77. The summed E-state index contributed by atoms with van der Waals surface area (Å²) in [4.78, 5) is 2.40. The molecule has 0 unspecified atom stereocenters. The second kappa shape index (κ2) is 6.85. The molecule has 0 amide bonds. The third kappa shape index (κ3) is 3.52. The Labute approximate surface area is 146 Å². The van der Waals surface area contributed by atoms with Crippen molar-refractivity contribution in [2.45, 2.75) is 38.0 Å². The van der Waals surface area contributed by atoms with Gasteiger partial charge in [-0.15, -0.1) is 0 Å². The lowest BCUT2D eigenvalue weighted by Crippen LogP contribution is -2.30. The van der Waals surface area contributed by atoms with E-state index in [1.807, 2.05) is 31.4 Å². The fourth-order valence-corrected chi connectivity index (χ4v) is 3.58. The van der Waals surface area contributed by atoms with Crippen LogP contribution in [0.2, 0.25) is 0 Å². The summed E-state index contributed by atoms with van der Waals surface area (Å²) in [7, 11) is 1.87. The molecule has 0 saturated carbocycles. The Morgan fingerprint density at radius 3 is 3.08 bits per heavy atom. The number of H-pyrrole nitrogens is 1. The first-order chi connectivity index (χ1) is 12.2. The van der Waals surface area contributed by atoms with Gasteiger partial charge in [-0.05, 0) is 44.0 Å². The highest BCUT2D eigenvalue weighted by Crippen LogP contribution is 2.29. The van der Waals surface area contributed by atoms with E-state index >= 15 is 0 Å². The minimum absolute atomic E-state index is 0.357. The van der Waals surface area contributed by atoms with Crippen LogP contribution in [0.5, 0.6) is 0 Å². The van der Waals surface area contributed by atoms with Crippen molar-refractivity contribution in [2.24, 2.45) is 7.05 Å². The van der Waals surface area contributed by atoms with Gasteiger partial charge < -0.3 is 9.52 Å². The molecule has 0 aliphatic carbocycles. The van der Waals surface area contributed by atoms with E-state index in [9.17, 15) is 5.11 Å². The third-order valence-electron chi connectivity index (χ3n) is 4.89. The number of aliphatic hydroxyl groups is 1. The molecule has 4 rings (SSSR count). The molecule has 7 heteroatoms. The quantitative estimate of drug-likeness (QED) is 0.720. The number of aryl methyl sites for hydroxylation is 1. The number of rotatable bonds is 6. The molecule has 132 valence electrons. The van der Waals surface area contributed by atoms with Crippen molar-refractivity contribution in [3.63, 3.8) is 0 Å². The van der Waals surface area contributed by atoms with Crippen molar-refractivity contribution in [1.82, 2.24) is 24.9 Å². The van der Waals surface area contributed by atoms with Crippen LogP contribution < -0.4 is 0 Å². The van der Waals surface area contributed by atoms with Gasteiger partial charge in [0.1, 0.15) is 11.5 Å². The largest absolute Gasteiger partial charge is 0.458 e. The summed E-state index contributed by atoms with van der Waals surface area (Å²) in [5, 5.41) is 21.5. The Morgan fingerprint density at radius 1 is 1.40 bits per heavy atom. The van der Waals surface area contributed by atoms with Gasteiger partial charge in [0.05, 0.1) is 18.8 Å². The van der Waals surface area contributed by atoms with Gasteiger partial charge >= 0.3 is 0 Å². The normalized spacial score (nSPS) is 19.5. The second-order valence-corrected chi connectivity index (χ2v) is 6.70. The average Bonchev–Trinajstić information content (AvgIpc) is 3.35. The number of hydrogen-bond donors (Lipinski definition) is 2. The molecule has 2 N–H and O–H groups in total. The SMILES string of the molecule is Cn1cc([C@H](O)C[C@H]2CCCN2Cc2ccc(-c3ccn[nH]3)o2)cn1. The Bertz CT molecular complexity index is 807. The van der Waals surface area contributed by atoms with Gasteiger partial charge in [-0.1, -0.05) is 0 Å². The zero-order valence-electron chi connectivity index (χ0n) is 14.3. The number of nitrogens with one attached hydrogen (secondary N) is 1. The minimum atomic E-state index is -0.476. The first-order valence-electron chi connectivity index (χ1n) is 8.68. The van der Waals surface area contributed by atoms with Crippen LogP contribution in [0.3, 0.4) is 0 Å². The molecule has 1 fully saturated rings. The molecule has 4 heterocycles. The molecule has 7 nitrogen and oxygen atoms in total. The maximum absolute atomic E-state index is 10.5. The first kappa shape index (κ1) is 16.1. The third-order valence-corrected chi connectivity index (χ3v) is 4.89. The van der Waals surface area contributed by atoms with Crippen molar-refractivity contribution in [3.05, 3.63) is 48.1 Å². The van der Waals surface area contributed by atoms with Crippen LogP contribution in [0, 0.1) is 0 Å². The Hall–Kier alpha value is -2.38. The number of furan rings is 1. The van der Waals surface area contributed by atoms with E-state index in [0.717, 1.165) is 55.1 Å². The predicted octanol–water partition coefficient (Wildman–Crippen LogP) is 2.49. The van der Waals surface area contributed by atoms with E-state index in [1.165, 1.54) is 0 Å². The lowest BCUT2D eigenvalue weighted by molar-refractivity contribution is 0.114. The van der Waals surface area contributed by atoms with Crippen LogP contribution in [-0.2, 0) is 13.6 Å². The van der Waals surface area contributed by atoms with Crippen molar-refractivity contribution in [3.8, 4) is 11.5 Å². The molecular weight excluding hydrogens is 318 g/mol. The van der Waals surface area contributed by atoms with E-state index in [-0.39, 0.29) is 0 Å². The summed E-state index contributed by atoms with van der Waals surface area (Å²) >= 11 is 0. The van der Waals surface area contributed by atoms with E-state index < -0.39 is 6.10 Å². The van der Waals surface area contributed by atoms with Crippen LogP contribution >= 0.6 is 0 Å². The monoisotopic (exact) mass is 341 g/mol. The summed E-state index contributed by atoms with van der Waals surface area (Å²) < 4.78 is 7.67. The number of aromatic nitrogens is 4. The zero-order valence-corrected chi connectivity index (χ0v) is 14.3. The molecule has 0 bridgehead atoms. The van der Waals surface area contributed by atoms with E-state index in [2.05, 4.69) is 20.2 Å². The molecule has 3 aromatic heterocycles. The fraction of sp³-hybridized carbons (Fsp3) is 0.444. The van der Waals surface area contributed by atoms with Crippen molar-refractivity contribution in [2.75, 3.05) is 6.54 Å². The lowest BCUT2D eigenvalue weighted by atomic mass is 10.0. The van der Waals surface area contributed by atoms with Crippen molar-refractivity contribution < 1.29 is 9.52 Å². The Morgan fingerprint density at radius 2 is 2.32 bits per heavy atom. The zero-order chi connectivity index (χ0) is 17.2. The number of aliphatic hydroxyl groups excluding tert-OH is 1. The topological polar surface area (TPSA) is 83.1 Å². The molecule has 1 aliphatic heterocycles. The molecule has 3 aromatic rings. The molecule has 1 aliphatic rings. The number of nitrogens with zero attached hydrogens (tertiary/aromatic N) is 4. The van der Waals surface area contributed by atoms with Crippen molar-refractivity contribution in [1.29, 1.82) is 0 Å². The lowest BCUT2D eigenvalue weighted by Gasteiger charge is -2.25. The van der Waals surface area contributed by atoms with Crippen LogP contribution in [0.15, 0.2) is 41.2 Å². The van der Waals surface area contributed by atoms with Gasteiger partial charge in [0, 0.05) is 31.0 Å². The van der Waals surface area contributed by atoms with Gasteiger partial charge in [-0.25, -0.2) is 0 Å². The van der Waals surface area contributed by atoms with Crippen LogP contribution in [0.25, 0.3) is 11.5 Å². The fourth-order valence-electron chi connectivity index (χ4n) is 3.58. The van der Waals surface area contributed by atoms with Crippen LogP contribution in [0.4, 0.5) is 0 Å². The van der Waals surface area contributed by atoms with Gasteiger partial charge in [0.15, 0.2) is 5.76 Å². The number of aromatic amines is 1. The summed E-state index contributed by atoms with van der Waals surface area (Å²) in [6.45, 7) is 1.79. The highest BCUT2D eigenvalue weighted by Gasteiger charge is 2.28. The molecule has 2 atom stereocenters. The standard InChI is InChI=1S/C18H23N5O2/c1-22-11-13(10-20-22)17(24)9-14-3-2-8-23(14)12-15-4-5-18(25-15)16-6-7-19-21-16/h4-7,10-11,14,17,24H,2-3,8-9,12H2,1H3,(H,19,21)/t14-,17-/m1/s1. The molecule has 0 radical (unpaired) electrons. The number of likely N-dealkylation sites (tertiary alicyclic amines) is 1. The van der Waals surface area contributed by atoms with Gasteiger partial charge in [0.2, 0.25) is 0 Å². The van der Waals surface area contributed by atoms with Gasteiger partial charge in [-0.2, -0.15) is 10.2 Å². The predicted molar refractivity (Wildman–Crippen MR) is 92.5 cm³/mol. The molecule has 25 heavy (non-hydrogen) atoms. The van der Waals surface area contributed by atoms with E-state index in [1.54, 1.807) is 17.1 Å². The average molecular weight is 341 g/mol.